The maximum atomic E-state index is 12.9. The van der Waals surface area contributed by atoms with Crippen molar-refractivity contribution in [2.45, 2.75) is 78.0 Å². The Balaban J connectivity index is 2.90. The number of ether oxygens (including phenoxy) is 3. The second kappa shape index (κ2) is 10.0. The summed E-state index contributed by atoms with van der Waals surface area (Å²) in [4.78, 5) is 26.4. The Bertz CT molecular complexity index is 498. The molecule has 26 heavy (non-hydrogen) atoms. The molecule has 1 amide bonds. The third kappa shape index (κ3) is 6.07. The summed E-state index contributed by atoms with van der Waals surface area (Å²) in [6.07, 6.45) is -1.29. The van der Waals surface area contributed by atoms with E-state index in [1.165, 1.54) is 0 Å². The highest BCUT2D eigenvalue weighted by atomic mass is 16.8. The molecule has 1 fully saturated rings. The molecule has 150 valence electrons. The van der Waals surface area contributed by atoms with Gasteiger partial charge in [-0.05, 0) is 33.6 Å². The fraction of sp³-hybridized carbons (Fsp3) is 0.789. The van der Waals surface area contributed by atoms with Crippen molar-refractivity contribution in [2.24, 2.45) is 0 Å². The Morgan fingerprint density at radius 3 is 2.27 bits per heavy atom. The Morgan fingerprint density at radius 2 is 1.77 bits per heavy atom. The van der Waals surface area contributed by atoms with Crippen LogP contribution in [0.2, 0.25) is 0 Å². The zero-order valence-electron chi connectivity index (χ0n) is 16.6. The number of esters is 1. The van der Waals surface area contributed by atoms with Gasteiger partial charge >= 0.3 is 5.97 Å². The third-order valence-electron chi connectivity index (χ3n) is 4.07. The predicted molar refractivity (Wildman–Crippen MR) is 97.4 cm³/mol. The summed E-state index contributed by atoms with van der Waals surface area (Å²) in [5.41, 5.74) is 0.137. The monoisotopic (exact) mass is 371 g/mol. The van der Waals surface area contributed by atoms with Crippen molar-refractivity contribution in [1.82, 2.24) is 4.90 Å². The summed E-state index contributed by atoms with van der Waals surface area (Å²) >= 11 is 0. The quantitative estimate of drug-likeness (QED) is 0.467. The van der Waals surface area contributed by atoms with Gasteiger partial charge in [0, 0.05) is 25.1 Å². The zero-order chi connectivity index (χ0) is 19.9. The van der Waals surface area contributed by atoms with E-state index in [1.807, 2.05) is 13.8 Å². The first-order valence-electron chi connectivity index (χ1n) is 9.34. The fourth-order valence-electron chi connectivity index (χ4n) is 3.00. The molecule has 7 nitrogen and oxygen atoms in total. The molecule has 1 rings (SSSR count). The molecule has 0 radical (unpaired) electrons. The molecule has 1 heterocycles. The first-order chi connectivity index (χ1) is 12.2. The standard InChI is InChI=1S/C19H33NO6/c1-7-10-20(11-8-2)17(22)16-15(25-19(5,6)26-16)14(21)12-13(4)18(23)24-9-3/h14-16,21H,4,7-12H2,1-3,5-6H3/t14-,15-,16-/m1/s1. The fourth-order valence-corrected chi connectivity index (χ4v) is 3.00. The van der Waals surface area contributed by atoms with E-state index in [2.05, 4.69) is 6.58 Å². The number of carbonyl (C=O) groups excluding carboxylic acids is 2. The van der Waals surface area contributed by atoms with Crippen LogP contribution < -0.4 is 0 Å². The number of hydrogen-bond donors (Lipinski definition) is 1. The van der Waals surface area contributed by atoms with Gasteiger partial charge in [-0.3, -0.25) is 4.79 Å². The molecular weight excluding hydrogens is 338 g/mol. The zero-order valence-corrected chi connectivity index (χ0v) is 16.6. The Morgan fingerprint density at radius 1 is 1.19 bits per heavy atom. The Kier molecular flexibility index (Phi) is 8.73. The van der Waals surface area contributed by atoms with Crippen LogP contribution in [-0.4, -0.2) is 65.7 Å². The predicted octanol–water partition coefficient (Wildman–Crippen LogP) is 2.03. The first kappa shape index (κ1) is 22.6. The highest BCUT2D eigenvalue weighted by molar-refractivity contribution is 5.87. The van der Waals surface area contributed by atoms with Crippen molar-refractivity contribution in [3.8, 4) is 0 Å². The lowest BCUT2D eigenvalue weighted by molar-refractivity contribution is -0.164. The number of hydrogen-bond acceptors (Lipinski definition) is 6. The molecule has 3 atom stereocenters. The molecule has 1 aliphatic heterocycles. The highest BCUT2D eigenvalue weighted by Gasteiger charge is 2.49. The summed E-state index contributed by atoms with van der Waals surface area (Å²) in [6.45, 7) is 14.2. The maximum absolute atomic E-state index is 12.9. The molecule has 1 N–H and O–H groups in total. The van der Waals surface area contributed by atoms with Crippen molar-refractivity contribution < 1.29 is 28.9 Å². The SMILES string of the molecule is C=C(C[C@@H](O)[C@H]1OC(C)(C)O[C@H]1C(=O)N(CCC)CCC)C(=O)OCC. The van der Waals surface area contributed by atoms with Crippen LogP contribution in [0.4, 0.5) is 0 Å². The minimum Gasteiger partial charge on any atom is -0.463 e. The average Bonchev–Trinajstić information content (AvgIpc) is 2.90. The number of aliphatic hydroxyl groups is 1. The lowest BCUT2D eigenvalue weighted by Gasteiger charge is -2.28. The Labute approximate surface area is 156 Å². The van der Waals surface area contributed by atoms with Crippen LogP contribution in [0.1, 0.15) is 53.9 Å². The van der Waals surface area contributed by atoms with Crippen molar-refractivity contribution in [3.05, 3.63) is 12.2 Å². The van der Waals surface area contributed by atoms with Crippen molar-refractivity contribution in [1.29, 1.82) is 0 Å². The molecule has 0 unspecified atom stereocenters. The lowest BCUT2D eigenvalue weighted by Crippen LogP contribution is -2.48. The summed E-state index contributed by atoms with van der Waals surface area (Å²) < 4.78 is 16.5. The molecule has 0 aromatic rings. The summed E-state index contributed by atoms with van der Waals surface area (Å²) in [5, 5.41) is 10.6. The van der Waals surface area contributed by atoms with Gasteiger partial charge in [0.2, 0.25) is 0 Å². The van der Waals surface area contributed by atoms with Gasteiger partial charge in [0.05, 0.1) is 12.7 Å². The van der Waals surface area contributed by atoms with Crippen molar-refractivity contribution >= 4 is 11.9 Å². The molecular formula is C19H33NO6. The van der Waals surface area contributed by atoms with E-state index in [0.717, 1.165) is 12.8 Å². The third-order valence-corrected chi connectivity index (χ3v) is 4.07. The van der Waals surface area contributed by atoms with E-state index in [-0.39, 0.29) is 24.5 Å². The number of nitrogens with zero attached hydrogens (tertiary/aromatic N) is 1. The largest absolute Gasteiger partial charge is 0.463 e. The van der Waals surface area contributed by atoms with E-state index in [9.17, 15) is 14.7 Å². The van der Waals surface area contributed by atoms with Gasteiger partial charge in [-0.2, -0.15) is 0 Å². The first-order valence-corrected chi connectivity index (χ1v) is 9.34. The summed E-state index contributed by atoms with van der Waals surface area (Å²) in [6, 6.07) is 0. The minimum absolute atomic E-state index is 0.0473. The Hall–Kier alpha value is -1.44. The van der Waals surface area contributed by atoms with Crippen LogP contribution in [0, 0.1) is 0 Å². The lowest BCUT2D eigenvalue weighted by atomic mass is 10.00. The van der Waals surface area contributed by atoms with Crippen LogP contribution in [0.25, 0.3) is 0 Å². The molecule has 0 aromatic heterocycles. The van der Waals surface area contributed by atoms with Gasteiger partial charge in [-0.1, -0.05) is 20.4 Å². The van der Waals surface area contributed by atoms with Gasteiger partial charge in [-0.25, -0.2) is 4.79 Å². The van der Waals surface area contributed by atoms with Crippen LogP contribution in [0.3, 0.4) is 0 Å². The number of amides is 1. The van der Waals surface area contributed by atoms with Gasteiger partial charge in [0.1, 0.15) is 6.10 Å². The minimum atomic E-state index is -1.10. The molecule has 0 saturated carbocycles. The number of rotatable bonds is 10. The summed E-state index contributed by atoms with van der Waals surface area (Å²) in [7, 11) is 0. The van der Waals surface area contributed by atoms with Crippen molar-refractivity contribution in [3.63, 3.8) is 0 Å². The molecule has 1 aliphatic rings. The maximum Gasteiger partial charge on any atom is 0.333 e. The molecule has 0 bridgehead atoms. The van der Waals surface area contributed by atoms with Gasteiger partial charge in [0.15, 0.2) is 11.9 Å². The number of carbonyl (C=O) groups is 2. The summed E-state index contributed by atoms with van der Waals surface area (Å²) in [5.74, 6) is -1.77. The highest BCUT2D eigenvalue weighted by Crippen LogP contribution is 2.32. The van der Waals surface area contributed by atoms with Gasteiger partial charge in [-0.15, -0.1) is 0 Å². The van der Waals surface area contributed by atoms with Crippen LogP contribution >= 0.6 is 0 Å². The van der Waals surface area contributed by atoms with Gasteiger partial charge < -0.3 is 24.2 Å². The normalized spacial score (nSPS) is 22.7. The van der Waals surface area contributed by atoms with Crippen molar-refractivity contribution in [2.75, 3.05) is 19.7 Å². The average molecular weight is 371 g/mol. The number of aliphatic hydroxyl groups excluding tert-OH is 1. The second-order valence-corrected chi connectivity index (χ2v) is 6.94. The second-order valence-electron chi connectivity index (χ2n) is 6.94. The smallest absolute Gasteiger partial charge is 0.333 e. The van der Waals surface area contributed by atoms with Crippen LogP contribution in [0.15, 0.2) is 12.2 Å². The van der Waals surface area contributed by atoms with Crippen LogP contribution in [-0.2, 0) is 23.8 Å². The van der Waals surface area contributed by atoms with E-state index < -0.39 is 30.1 Å². The van der Waals surface area contributed by atoms with E-state index >= 15 is 0 Å². The van der Waals surface area contributed by atoms with E-state index in [1.54, 1.807) is 25.7 Å². The molecule has 1 saturated heterocycles. The molecule has 7 heteroatoms. The van der Waals surface area contributed by atoms with E-state index in [0.29, 0.717) is 13.1 Å². The molecule has 0 aliphatic carbocycles. The molecule has 0 spiro atoms. The van der Waals surface area contributed by atoms with Gasteiger partial charge in [0.25, 0.3) is 5.91 Å². The van der Waals surface area contributed by atoms with Crippen LogP contribution in [0.5, 0.6) is 0 Å². The topological polar surface area (TPSA) is 85.3 Å². The van der Waals surface area contributed by atoms with E-state index in [4.69, 9.17) is 14.2 Å². The molecule has 0 aromatic carbocycles.